The maximum Gasteiger partial charge on any atom is 0.224 e. The van der Waals surface area contributed by atoms with Gasteiger partial charge in [0.15, 0.2) is 0 Å². The maximum absolute atomic E-state index is 11.9. The monoisotopic (exact) mass is 421 g/mol. The third-order valence-corrected chi connectivity index (χ3v) is 5.36. The molecule has 1 saturated heterocycles. The van der Waals surface area contributed by atoms with Gasteiger partial charge in [-0.25, -0.2) is 0 Å². The molecule has 26 heavy (non-hydrogen) atoms. The van der Waals surface area contributed by atoms with Gasteiger partial charge >= 0.3 is 0 Å². The molecule has 2 rings (SSSR count). The van der Waals surface area contributed by atoms with E-state index in [1.165, 1.54) is 30.2 Å². The average molecular weight is 422 g/mol. The number of amides is 1. The topological polar surface area (TPSA) is 58.4 Å². The van der Waals surface area contributed by atoms with Gasteiger partial charge in [0, 0.05) is 43.2 Å². The van der Waals surface area contributed by atoms with E-state index in [2.05, 4.69) is 22.3 Å². The quantitative estimate of drug-likeness (QED) is 0.561. The molecule has 0 atom stereocenters. The summed E-state index contributed by atoms with van der Waals surface area (Å²) in [5, 5.41) is 2.99. The van der Waals surface area contributed by atoms with Crippen LogP contribution >= 0.6 is 36.6 Å². The van der Waals surface area contributed by atoms with E-state index in [1.807, 2.05) is 23.9 Å². The molecular formula is C19H33Cl2N3OS. The van der Waals surface area contributed by atoms with Gasteiger partial charge in [-0.15, -0.1) is 24.8 Å². The Kier molecular flexibility index (Phi) is 15.3. The van der Waals surface area contributed by atoms with Crippen LogP contribution in [0.1, 0.15) is 37.7 Å². The van der Waals surface area contributed by atoms with E-state index < -0.39 is 0 Å². The largest absolute Gasteiger partial charge is 0.330 e. The highest BCUT2D eigenvalue weighted by atomic mass is 35.5. The second-order valence-corrected chi connectivity index (χ2v) is 7.63. The molecule has 4 nitrogen and oxygen atoms in total. The van der Waals surface area contributed by atoms with Crippen molar-refractivity contribution in [3.8, 4) is 0 Å². The molecule has 1 aromatic rings. The number of halogens is 2. The zero-order valence-corrected chi connectivity index (χ0v) is 17.9. The number of hydrogen-bond acceptors (Lipinski definition) is 4. The minimum Gasteiger partial charge on any atom is -0.330 e. The van der Waals surface area contributed by atoms with Crippen molar-refractivity contribution in [2.45, 2.75) is 38.5 Å². The van der Waals surface area contributed by atoms with Crippen LogP contribution in [0.3, 0.4) is 0 Å². The number of carbonyl (C=O) groups is 1. The first-order valence-electron chi connectivity index (χ1n) is 9.17. The Morgan fingerprint density at radius 3 is 2.35 bits per heavy atom. The molecule has 1 heterocycles. The lowest BCUT2D eigenvalue weighted by atomic mass is 10.1. The highest BCUT2D eigenvalue weighted by Gasteiger charge is 2.09. The van der Waals surface area contributed by atoms with Crippen molar-refractivity contribution in [2.24, 2.45) is 5.73 Å². The lowest BCUT2D eigenvalue weighted by Crippen LogP contribution is -2.34. The number of nitrogens with one attached hydrogen (secondary N) is 1. The Labute approximate surface area is 174 Å². The molecule has 0 aromatic heterocycles. The molecule has 0 spiro atoms. The molecule has 1 fully saturated rings. The number of unbranched alkanes of at least 4 members (excludes halogenated alkanes) is 3. The van der Waals surface area contributed by atoms with Crippen LogP contribution in [0.15, 0.2) is 24.3 Å². The molecule has 0 saturated carbocycles. The fourth-order valence-corrected chi connectivity index (χ4v) is 3.85. The summed E-state index contributed by atoms with van der Waals surface area (Å²) in [7, 11) is 0. The molecule has 1 aliphatic heterocycles. The fraction of sp³-hybridized carbons (Fsp3) is 0.632. The molecule has 1 aliphatic rings. The molecule has 0 radical (unpaired) electrons. The predicted molar refractivity (Wildman–Crippen MR) is 119 cm³/mol. The molecule has 7 heteroatoms. The summed E-state index contributed by atoms with van der Waals surface area (Å²) in [6, 6.07) is 8.31. The number of thioether (sulfide) groups is 1. The van der Waals surface area contributed by atoms with Crippen LogP contribution in [0.2, 0.25) is 0 Å². The van der Waals surface area contributed by atoms with E-state index in [1.54, 1.807) is 0 Å². The van der Waals surface area contributed by atoms with Gasteiger partial charge in [0.2, 0.25) is 5.91 Å². The first-order chi connectivity index (χ1) is 11.8. The van der Waals surface area contributed by atoms with Crippen LogP contribution in [0.25, 0.3) is 0 Å². The molecule has 150 valence electrons. The van der Waals surface area contributed by atoms with Crippen molar-refractivity contribution >= 4 is 48.2 Å². The Hall–Kier alpha value is -0.460. The summed E-state index contributed by atoms with van der Waals surface area (Å²) in [6.07, 6.45) is 5.88. The molecule has 0 unspecified atom stereocenters. The Morgan fingerprint density at radius 1 is 1.04 bits per heavy atom. The zero-order valence-electron chi connectivity index (χ0n) is 15.5. The summed E-state index contributed by atoms with van der Waals surface area (Å²) >= 11 is 2.05. The highest BCUT2D eigenvalue weighted by molar-refractivity contribution is 7.99. The van der Waals surface area contributed by atoms with Gasteiger partial charge in [-0.05, 0) is 43.5 Å². The van der Waals surface area contributed by atoms with Gasteiger partial charge in [0.1, 0.15) is 0 Å². The fourth-order valence-electron chi connectivity index (χ4n) is 2.87. The first kappa shape index (κ1) is 25.5. The second kappa shape index (κ2) is 15.6. The number of rotatable bonds is 10. The van der Waals surface area contributed by atoms with Gasteiger partial charge in [-0.2, -0.15) is 11.8 Å². The van der Waals surface area contributed by atoms with E-state index in [-0.39, 0.29) is 30.7 Å². The number of benzene rings is 1. The molecule has 1 aromatic carbocycles. The minimum atomic E-state index is 0. The number of hydrogen-bond donors (Lipinski definition) is 2. The summed E-state index contributed by atoms with van der Waals surface area (Å²) in [5.41, 5.74) is 7.71. The van der Waals surface area contributed by atoms with E-state index >= 15 is 0 Å². The van der Waals surface area contributed by atoms with Crippen LogP contribution < -0.4 is 11.1 Å². The van der Waals surface area contributed by atoms with Gasteiger partial charge in [-0.3, -0.25) is 4.79 Å². The average Bonchev–Trinajstić information content (AvgIpc) is 2.62. The Balaban J connectivity index is 0.00000312. The van der Waals surface area contributed by atoms with E-state index in [0.717, 1.165) is 50.9 Å². The van der Waals surface area contributed by atoms with Crippen LogP contribution in [0, 0.1) is 0 Å². The standard InChI is InChI=1S/C19H31N3OS.2ClH/c20-11-4-2-1-3-5-19(23)21-18-8-6-17(7-9-18)10-12-22-13-15-24-16-14-22;;/h6-9H,1-5,10-16,20H2,(H,21,23);2*1H. The highest BCUT2D eigenvalue weighted by Crippen LogP contribution is 2.13. The number of carbonyl (C=O) groups excluding carboxylic acids is 1. The summed E-state index contributed by atoms with van der Waals surface area (Å²) < 4.78 is 0. The van der Waals surface area contributed by atoms with E-state index in [4.69, 9.17) is 5.73 Å². The van der Waals surface area contributed by atoms with Crippen molar-refractivity contribution in [1.29, 1.82) is 0 Å². The normalized spacial score (nSPS) is 14.2. The Bertz CT molecular complexity index is 482. The van der Waals surface area contributed by atoms with Crippen LogP contribution in [0.4, 0.5) is 5.69 Å². The van der Waals surface area contributed by atoms with Crippen molar-refractivity contribution in [3.63, 3.8) is 0 Å². The second-order valence-electron chi connectivity index (χ2n) is 6.40. The molecule has 0 bridgehead atoms. The van der Waals surface area contributed by atoms with Crippen LogP contribution in [0.5, 0.6) is 0 Å². The summed E-state index contributed by atoms with van der Waals surface area (Å²) in [6.45, 7) is 4.30. The number of nitrogens with zero attached hydrogens (tertiary/aromatic N) is 1. The first-order valence-corrected chi connectivity index (χ1v) is 10.3. The van der Waals surface area contributed by atoms with Crippen molar-refractivity contribution < 1.29 is 4.79 Å². The third kappa shape index (κ3) is 10.6. The lowest BCUT2D eigenvalue weighted by molar-refractivity contribution is -0.116. The zero-order chi connectivity index (χ0) is 17.0. The van der Waals surface area contributed by atoms with E-state index in [0.29, 0.717) is 6.42 Å². The summed E-state index contributed by atoms with van der Waals surface area (Å²) in [5.74, 6) is 2.63. The summed E-state index contributed by atoms with van der Waals surface area (Å²) in [4.78, 5) is 14.5. The smallest absolute Gasteiger partial charge is 0.224 e. The third-order valence-electron chi connectivity index (χ3n) is 4.42. The van der Waals surface area contributed by atoms with Crippen LogP contribution in [-0.4, -0.2) is 48.5 Å². The van der Waals surface area contributed by atoms with Crippen molar-refractivity contribution in [2.75, 3.05) is 43.0 Å². The Morgan fingerprint density at radius 2 is 1.69 bits per heavy atom. The van der Waals surface area contributed by atoms with E-state index in [9.17, 15) is 4.79 Å². The van der Waals surface area contributed by atoms with Gasteiger partial charge < -0.3 is 16.0 Å². The van der Waals surface area contributed by atoms with Gasteiger partial charge in [0.25, 0.3) is 0 Å². The minimum absolute atomic E-state index is 0. The molecule has 0 aliphatic carbocycles. The lowest BCUT2D eigenvalue weighted by Gasteiger charge is -2.26. The van der Waals surface area contributed by atoms with Crippen molar-refractivity contribution in [3.05, 3.63) is 29.8 Å². The number of nitrogens with two attached hydrogens (primary N) is 1. The van der Waals surface area contributed by atoms with Crippen LogP contribution in [-0.2, 0) is 11.2 Å². The number of anilines is 1. The van der Waals surface area contributed by atoms with Gasteiger partial charge in [-0.1, -0.05) is 25.0 Å². The molecule has 3 N–H and O–H groups in total. The molecular weight excluding hydrogens is 389 g/mol. The van der Waals surface area contributed by atoms with Crippen molar-refractivity contribution in [1.82, 2.24) is 4.90 Å². The maximum atomic E-state index is 11.9. The SMILES string of the molecule is Cl.Cl.NCCCCCCC(=O)Nc1ccc(CCN2CCSCC2)cc1. The molecule has 1 amide bonds. The predicted octanol–water partition coefficient (Wildman–Crippen LogP) is 3.97. The van der Waals surface area contributed by atoms with Gasteiger partial charge in [0.05, 0.1) is 0 Å².